The standard InChI is InChI=1S/C22H29ClN2O4/c1-28-19-9-17(10-20(12-19)29-2)14-25-7-6-24(15-18(25)5-8-26)13-16-3-4-22(27)21(23)11-16/h3-4,9-12,18,26-27H,5-8,13-15H2,1-2H3/t18-/m0/s1. The molecule has 0 aliphatic carbocycles. The highest BCUT2D eigenvalue weighted by atomic mass is 35.5. The average molecular weight is 421 g/mol. The Balaban J connectivity index is 1.68. The topological polar surface area (TPSA) is 65.4 Å². The van der Waals surface area contributed by atoms with Crippen molar-refractivity contribution in [3.63, 3.8) is 0 Å². The predicted molar refractivity (Wildman–Crippen MR) is 114 cm³/mol. The number of aliphatic hydroxyl groups is 1. The minimum Gasteiger partial charge on any atom is -0.506 e. The first-order chi connectivity index (χ1) is 14.0. The highest BCUT2D eigenvalue weighted by Crippen LogP contribution is 2.27. The van der Waals surface area contributed by atoms with Crippen LogP contribution < -0.4 is 9.47 Å². The quantitative estimate of drug-likeness (QED) is 0.684. The SMILES string of the molecule is COc1cc(CN2CCN(Cc3ccc(O)c(Cl)c3)C[C@@H]2CCO)cc(OC)c1. The molecule has 1 saturated heterocycles. The summed E-state index contributed by atoms with van der Waals surface area (Å²) in [7, 11) is 3.31. The monoisotopic (exact) mass is 420 g/mol. The van der Waals surface area contributed by atoms with E-state index in [1.165, 1.54) is 0 Å². The number of ether oxygens (including phenoxy) is 2. The summed E-state index contributed by atoms with van der Waals surface area (Å²) in [6, 6.07) is 11.5. The van der Waals surface area contributed by atoms with E-state index in [4.69, 9.17) is 21.1 Å². The largest absolute Gasteiger partial charge is 0.506 e. The highest BCUT2D eigenvalue weighted by Gasteiger charge is 2.27. The number of methoxy groups -OCH3 is 2. The van der Waals surface area contributed by atoms with Crippen molar-refractivity contribution < 1.29 is 19.7 Å². The first kappa shape index (κ1) is 21.7. The maximum atomic E-state index is 9.61. The fourth-order valence-corrected chi connectivity index (χ4v) is 4.03. The van der Waals surface area contributed by atoms with E-state index in [0.29, 0.717) is 11.4 Å². The molecular weight excluding hydrogens is 392 g/mol. The zero-order valence-electron chi connectivity index (χ0n) is 17.0. The Hall–Kier alpha value is -1.99. The highest BCUT2D eigenvalue weighted by molar-refractivity contribution is 6.32. The van der Waals surface area contributed by atoms with Crippen LogP contribution in [0.2, 0.25) is 5.02 Å². The molecule has 0 bridgehead atoms. The Labute approximate surface area is 177 Å². The summed E-state index contributed by atoms with van der Waals surface area (Å²) < 4.78 is 10.8. The van der Waals surface area contributed by atoms with E-state index >= 15 is 0 Å². The van der Waals surface area contributed by atoms with Gasteiger partial charge in [-0.05, 0) is 41.8 Å². The van der Waals surface area contributed by atoms with Gasteiger partial charge in [-0.1, -0.05) is 17.7 Å². The lowest BCUT2D eigenvalue weighted by molar-refractivity contribution is 0.0499. The van der Waals surface area contributed by atoms with Crippen molar-refractivity contribution in [2.24, 2.45) is 0 Å². The molecular formula is C22H29ClN2O4. The van der Waals surface area contributed by atoms with Crippen LogP contribution in [0.1, 0.15) is 17.5 Å². The molecule has 1 heterocycles. The van der Waals surface area contributed by atoms with Gasteiger partial charge in [-0.25, -0.2) is 0 Å². The molecule has 0 saturated carbocycles. The molecule has 3 rings (SSSR count). The maximum absolute atomic E-state index is 9.61. The smallest absolute Gasteiger partial charge is 0.134 e. The molecule has 0 spiro atoms. The van der Waals surface area contributed by atoms with Crippen molar-refractivity contribution in [1.29, 1.82) is 0 Å². The molecule has 29 heavy (non-hydrogen) atoms. The number of benzene rings is 2. The average Bonchev–Trinajstić information content (AvgIpc) is 2.72. The van der Waals surface area contributed by atoms with E-state index < -0.39 is 0 Å². The van der Waals surface area contributed by atoms with Gasteiger partial charge in [0.2, 0.25) is 0 Å². The predicted octanol–water partition coefficient (Wildman–Crippen LogP) is 3.13. The number of halogens is 1. The molecule has 0 amide bonds. The Morgan fingerprint density at radius 2 is 1.72 bits per heavy atom. The number of rotatable bonds is 8. The van der Waals surface area contributed by atoms with E-state index in [9.17, 15) is 10.2 Å². The molecule has 2 N–H and O–H groups in total. The van der Waals surface area contributed by atoms with Gasteiger partial charge in [0.1, 0.15) is 17.2 Å². The Morgan fingerprint density at radius 3 is 2.34 bits per heavy atom. The van der Waals surface area contributed by atoms with Gasteiger partial charge in [-0.3, -0.25) is 9.80 Å². The molecule has 7 heteroatoms. The molecule has 0 radical (unpaired) electrons. The van der Waals surface area contributed by atoms with Crippen molar-refractivity contribution in [1.82, 2.24) is 9.80 Å². The van der Waals surface area contributed by atoms with Crippen LogP contribution >= 0.6 is 11.6 Å². The molecule has 1 fully saturated rings. The zero-order chi connectivity index (χ0) is 20.8. The van der Waals surface area contributed by atoms with E-state index in [0.717, 1.165) is 55.3 Å². The van der Waals surface area contributed by atoms with Gasteiger partial charge < -0.3 is 19.7 Å². The summed E-state index contributed by atoms with van der Waals surface area (Å²) in [5.41, 5.74) is 2.20. The number of piperazine rings is 1. The summed E-state index contributed by atoms with van der Waals surface area (Å²) >= 11 is 6.04. The van der Waals surface area contributed by atoms with Crippen LogP contribution in [0, 0.1) is 0 Å². The number of hydrogen-bond acceptors (Lipinski definition) is 6. The third-order valence-corrected chi connectivity index (χ3v) is 5.67. The molecule has 2 aromatic rings. The number of nitrogens with zero attached hydrogens (tertiary/aromatic N) is 2. The third kappa shape index (κ3) is 5.76. The number of aromatic hydroxyl groups is 1. The summed E-state index contributed by atoms with van der Waals surface area (Å²) in [5.74, 6) is 1.66. The summed E-state index contributed by atoms with van der Waals surface area (Å²) in [4.78, 5) is 4.77. The van der Waals surface area contributed by atoms with Gasteiger partial charge in [0.15, 0.2) is 0 Å². The number of aliphatic hydroxyl groups excluding tert-OH is 1. The second kappa shape index (κ2) is 10.2. The van der Waals surface area contributed by atoms with Crippen LogP contribution in [0.5, 0.6) is 17.2 Å². The van der Waals surface area contributed by atoms with Crippen LogP contribution in [-0.2, 0) is 13.1 Å². The van der Waals surface area contributed by atoms with Crippen molar-refractivity contribution in [2.75, 3.05) is 40.5 Å². The van der Waals surface area contributed by atoms with Crippen LogP contribution in [0.15, 0.2) is 36.4 Å². The van der Waals surface area contributed by atoms with Gasteiger partial charge in [-0.15, -0.1) is 0 Å². The van der Waals surface area contributed by atoms with E-state index in [2.05, 4.69) is 9.80 Å². The first-order valence-corrected chi connectivity index (χ1v) is 10.2. The maximum Gasteiger partial charge on any atom is 0.134 e. The summed E-state index contributed by atoms with van der Waals surface area (Å²) in [6.07, 6.45) is 0.716. The van der Waals surface area contributed by atoms with Crippen LogP contribution in [0.25, 0.3) is 0 Å². The van der Waals surface area contributed by atoms with Crippen molar-refractivity contribution in [3.8, 4) is 17.2 Å². The summed E-state index contributed by atoms with van der Waals surface area (Å²) in [5, 5.41) is 19.6. The van der Waals surface area contributed by atoms with Gasteiger partial charge >= 0.3 is 0 Å². The number of phenolic OH excluding ortho intramolecular Hbond substituents is 1. The molecule has 2 aromatic carbocycles. The second-order valence-electron chi connectivity index (χ2n) is 7.38. The Kier molecular flexibility index (Phi) is 7.61. The molecule has 1 aliphatic rings. The lowest BCUT2D eigenvalue weighted by atomic mass is 10.1. The van der Waals surface area contributed by atoms with Gasteiger partial charge in [0.05, 0.1) is 19.2 Å². The van der Waals surface area contributed by atoms with Crippen LogP contribution in [0.4, 0.5) is 0 Å². The van der Waals surface area contributed by atoms with Gasteiger partial charge in [0.25, 0.3) is 0 Å². The molecule has 0 unspecified atom stereocenters. The first-order valence-electron chi connectivity index (χ1n) is 9.79. The van der Waals surface area contributed by atoms with E-state index in [1.54, 1.807) is 20.3 Å². The van der Waals surface area contributed by atoms with Crippen molar-refractivity contribution >= 4 is 11.6 Å². The molecule has 158 valence electrons. The number of phenols is 1. The Morgan fingerprint density at radius 1 is 1.00 bits per heavy atom. The molecule has 1 aliphatic heterocycles. The van der Waals surface area contributed by atoms with Gasteiger partial charge in [0, 0.05) is 51.4 Å². The van der Waals surface area contributed by atoms with E-state index in [1.807, 2.05) is 30.3 Å². The molecule has 1 atom stereocenters. The Bertz CT molecular complexity index is 795. The minimum absolute atomic E-state index is 0.104. The normalized spacial score (nSPS) is 18.0. The van der Waals surface area contributed by atoms with Gasteiger partial charge in [-0.2, -0.15) is 0 Å². The lowest BCUT2D eigenvalue weighted by Gasteiger charge is -2.41. The van der Waals surface area contributed by atoms with E-state index in [-0.39, 0.29) is 18.4 Å². The van der Waals surface area contributed by atoms with Crippen LogP contribution in [0.3, 0.4) is 0 Å². The molecule has 6 nitrogen and oxygen atoms in total. The summed E-state index contributed by atoms with van der Waals surface area (Å²) in [6.45, 7) is 4.37. The second-order valence-corrected chi connectivity index (χ2v) is 7.79. The third-order valence-electron chi connectivity index (χ3n) is 5.37. The fourth-order valence-electron chi connectivity index (χ4n) is 3.83. The van der Waals surface area contributed by atoms with Crippen molar-refractivity contribution in [3.05, 3.63) is 52.5 Å². The zero-order valence-corrected chi connectivity index (χ0v) is 17.7. The van der Waals surface area contributed by atoms with Crippen LogP contribution in [-0.4, -0.2) is 66.5 Å². The lowest BCUT2D eigenvalue weighted by Crippen LogP contribution is -2.52. The number of hydrogen-bond donors (Lipinski definition) is 2. The minimum atomic E-state index is 0.104. The molecule has 0 aromatic heterocycles. The van der Waals surface area contributed by atoms with Crippen molar-refractivity contribution in [2.45, 2.75) is 25.6 Å². The fraction of sp³-hybridized carbons (Fsp3) is 0.455.